The molecule has 0 bridgehead atoms. The largest absolute Gasteiger partial charge is 0.380 e. The number of hydrogen-bond acceptors (Lipinski definition) is 2. The molecular formula is C19H21ClN2. The van der Waals surface area contributed by atoms with E-state index in [0.29, 0.717) is 0 Å². The van der Waals surface area contributed by atoms with Crippen LogP contribution in [0.3, 0.4) is 0 Å². The standard InChI is InChI=1S/C19H21ClN2/c1-22(2)11-5-8-17-16-7-4-3-6-14(16)13-21-19-12-15(20)9-10-18(17)19/h3-4,6-10,12,21H,5,11,13H2,1-2H3/b17-8-. The van der Waals surface area contributed by atoms with Crippen molar-refractivity contribution in [2.45, 2.75) is 13.0 Å². The molecule has 0 amide bonds. The van der Waals surface area contributed by atoms with Crippen molar-refractivity contribution in [3.8, 4) is 0 Å². The third kappa shape index (κ3) is 3.18. The van der Waals surface area contributed by atoms with Crippen LogP contribution in [0.4, 0.5) is 5.69 Å². The van der Waals surface area contributed by atoms with Crippen molar-refractivity contribution >= 4 is 22.9 Å². The Hall–Kier alpha value is -1.77. The van der Waals surface area contributed by atoms with Gasteiger partial charge in [-0.15, -0.1) is 0 Å². The Bertz CT molecular complexity index is 704. The molecule has 114 valence electrons. The van der Waals surface area contributed by atoms with E-state index in [-0.39, 0.29) is 0 Å². The quantitative estimate of drug-likeness (QED) is 0.887. The molecule has 1 N–H and O–H groups in total. The molecule has 3 heteroatoms. The first-order valence-electron chi connectivity index (χ1n) is 7.62. The van der Waals surface area contributed by atoms with E-state index in [1.807, 2.05) is 12.1 Å². The van der Waals surface area contributed by atoms with Crippen LogP contribution in [0, 0.1) is 0 Å². The normalized spacial score (nSPS) is 15.2. The number of hydrogen-bond donors (Lipinski definition) is 1. The lowest BCUT2D eigenvalue weighted by atomic mass is 9.93. The summed E-state index contributed by atoms with van der Waals surface area (Å²) in [6.45, 7) is 1.87. The average Bonchev–Trinajstić information content (AvgIpc) is 2.64. The molecule has 0 aliphatic carbocycles. The van der Waals surface area contributed by atoms with Crippen LogP contribution in [0.15, 0.2) is 48.5 Å². The fourth-order valence-corrected chi connectivity index (χ4v) is 3.03. The highest BCUT2D eigenvalue weighted by Gasteiger charge is 2.17. The molecule has 0 unspecified atom stereocenters. The summed E-state index contributed by atoms with van der Waals surface area (Å²) in [5.41, 5.74) is 6.28. The second-order valence-corrected chi connectivity index (χ2v) is 6.35. The molecular weight excluding hydrogens is 292 g/mol. The summed E-state index contributed by atoms with van der Waals surface area (Å²) in [6, 6.07) is 14.7. The summed E-state index contributed by atoms with van der Waals surface area (Å²) in [5.74, 6) is 0. The third-order valence-corrected chi connectivity index (χ3v) is 4.21. The zero-order valence-corrected chi connectivity index (χ0v) is 13.8. The molecule has 1 aliphatic heterocycles. The predicted molar refractivity (Wildman–Crippen MR) is 95.5 cm³/mol. The van der Waals surface area contributed by atoms with Gasteiger partial charge in [-0.1, -0.05) is 48.0 Å². The first kappa shape index (κ1) is 15.1. The first-order chi connectivity index (χ1) is 10.6. The molecule has 22 heavy (non-hydrogen) atoms. The van der Waals surface area contributed by atoms with Crippen LogP contribution in [0.2, 0.25) is 5.02 Å². The van der Waals surface area contributed by atoms with Crippen LogP contribution in [0.25, 0.3) is 5.57 Å². The number of fused-ring (bicyclic) bond motifs is 2. The lowest BCUT2D eigenvalue weighted by Gasteiger charge is -2.13. The van der Waals surface area contributed by atoms with Crippen LogP contribution < -0.4 is 5.32 Å². The van der Waals surface area contributed by atoms with Crippen molar-refractivity contribution in [1.82, 2.24) is 4.90 Å². The van der Waals surface area contributed by atoms with Gasteiger partial charge in [0, 0.05) is 29.4 Å². The zero-order chi connectivity index (χ0) is 15.5. The van der Waals surface area contributed by atoms with Crippen LogP contribution >= 0.6 is 11.6 Å². The minimum Gasteiger partial charge on any atom is -0.380 e. The molecule has 1 heterocycles. The molecule has 0 atom stereocenters. The molecule has 0 saturated heterocycles. The van der Waals surface area contributed by atoms with E-state index in [0.717, 1.165) is 30.2 Å². The molecule has 0 fully saturated rings. The van der Waals surface area contributed by atoms with Crippen molar-refractivity contribution in [3.63, 3.8) is 0 Å². The number of anilines is 1. The van der Waals surface area contributed by atoms with Crippen LogP contribution in [0.1, 0.15) is 23.1 Å². The van der Waals surface area contributed by atoms with E-state index < -0.39 is 0 Å². The molecule has 0 radical (unpaired) electrons. The Balaban J connectivity index is 2.08. The van der Waals surface area contributed by atoms with E-state index in [4.69, 9.17) is 11.6 Å². The molecule has 3 rings (SSSR count). The van der Waals surface area contributed by atoms with Gasteiger partial charge < -0.3 is 10.2 Å². The van der Waals surface area contributed by atoms with Gasteiger partial charge in [0.25, 0.3) is 0 Å². The van der Waals surface area contributed by atoms with Gasteiger partial charge in [0.2, 0.25) is 0 Å². The van der Waals surface area contributed by atoms with Crippen molar-refractivity contribution in [1.29, 1.82) is 0 Å². The Morgan fingerprint density at radius 3 is 2.77 bits per heavy atom. The first-order valence-corrected chi connectivity index (χ1v) is 8.00. The Kier molecular flexibility index (Phi) is 4.51. The summed E-state index contributed by atoms with van der Waals surface area (Å²) in [6.07, 6.45) is 3.37. The number of rotatable bonds is 3. The third-order valence-electron chi connectivity index (χ3n) is 3.97. The molecule has 0 saturated carbocycles. The highest BCUT2D eigenvalue weighted by Crippen LogP contribution is 2.36. The lowest BCUT2D eigenvalue weighted by Crippen LogP contribution is -2.12. The molecule has 1 aliphatic rings. The van der Waals surface area contributed by atoms with E-state index in [2.05, 4.69) is 60.7 Å². The van der Waals surface area contributed by atoms with Gasteiger partial charge in [0.05, 0.1) is 0 Å². The van der Waals surface area contributed by atoms with E-state index in [9.17, 15) is 0 Å². The van der Waals surface area contributed by atoms with Crippen molar-refractivity contribution < 1.29 is 0 Å². The minimum absolute atomic E-state index is 0.768. The van der Waals surface area contributed by atoms with Gasteiger partial charge >= 0.3 is 0 Å². The Morgan fingerprint density at radius 1 is 1.14 bits per heavy atom. The Labute approximate surface area is 137 Å². The zero-order valence-electron chi connectivity index (χ0n) is 13.1. The molecule has 0 spiro atoms. The van der Waals surface area contributed by atoms with Crippen LogP contribution in [0.5, 0.6) is 0 Å². The van der Waals surface area contributed by atoms with Crippen LogP contribution in [-0.4, -0.2) is 25.5 Å². The molecule has 2 aromatic carbocycles. The van der Waals surface area contributed by atoms with Crippen molar-refractivity contribution in [2.24, 2.45) is 0 Å². The van der Waals surface area contributed by atoms with E-state index >= 15 is 0 Å². The van der Waals surface area contributed by atoms with Gasteiger partial charge in [-0.25, -0.2) is 0 Å². The summed E-state index contributed by atoms with van der Waals surface area (Å²) in [7, 11) is 4.21. The van der Waals surface area contributed by atoms with Crippen LogP contribution in [-0.2, 0) is 6.54 Å². The maximum atomic E-state index is 6.17. The monoisotopic (exact) mass is 312 g/mol. The average molecular weight is 313 g/mol. The smallest absolute Gasteiger partial charge is 0.0437 e. The highest BCUT2D eigenvalue weighted by molar-refractivity contribution is 6.31. The minimum atomic E-state index is 0.768. The lowest BCUT2D eigenvalue weighted by molar-refractivity contribution is 0.417. The summed E-state index contributed by atoms with van der Waals surface area (Å²) < 4.78 is 0. The van der Waals surface area contributed by atoms with Gasteiger partial charge in [0.15, 0.2) is 0 Å². The predicted octanol–water partition coefficient (Wildman–Crippen LogP) is 4.65. The maximum absolute atomic E-state index is 6.17. The SMILES string of the molecule is CN(C)CC/C=C1/c2ccccc2CNc2cc(Cl)ccc21. The molecule has 0 aromatic heterocycles. The van der Waals surface area contributed by atoms with E-state index in [1.54, 1.807) is 0 Å². The van der Waals surface area contributed by atoms with Gasteiger partial charge in [0.1, 0.15) is 0 Å². The second-order valence-electron chi connectivity index (χ2n) is 5.91. The fraction of sp³-hybridized carbons (Fsp3) is 0.263. The summed E-state index contributed by atoms with van der Waals surface area (Å²) in [5, 5.41) is 4.28. The maximum Gasteiger partial charge on any atom is 0.0437 e. The van der Waals surface area contributed by atoms with Gasteiger partial charge in [-0.3, -0.25) is 0 Å². The van der Waals surface area contributed by atoms with Gasteiger partial charge in [-0.2, -0.15) is 0 Å². The van der Waals surface area contributed by atoms with Gasteiger partial charge in [-0.05, 0) is 49.3 Å². The highest BCUT2D eigenvalue weighted by atomic mass is 35.5. The molecule has 2 aromatic rings. The number of nitrogens with zero attached hydrogens (tertiary/aromatic N) is 1. The fourth-order valence-electron chi connectivity index (χ4n) is 2.86. The Morgan fingerprint density at radius 2 is 1.95 bits per heavy atom. The number of nitrogens with one attached hydrogen (secondary N) is 1. The second kappa shape index (κ2) is 6.55. The molecule has 2 nitrogen and oxygen atoms in total. The summed E-state index contributed by atoms with van der Waals surface area (Å²) >= 11 is 6.17. The van der Waals surface area contributed by atoms with E-state index in [1.165, 1.54) is 22.3 Å². The topological polar surface area (TPSA) is 15.3 Å². The van der Waals surface area contributed by atoms with Crippen molar-refractivity contribution in [3.05, 3.63) is 70.3 Å². The van der Waals surface area contributed by atoms with Crippen molar-refractivity contribution in [2.75, 3.05) is 26.0 Å². The number of halogens is 1. The summed E-state index contributed by atoms with van der Waals surface area (Å²) in [4.78, 5) is 2.21. The number of benzene rings is 2.